The molecule has 3 aromatic rings. The lowest BCUT2D eigenvalue weighted by Crippen LogP contribution is -2.61. The lowest BCUT2D eigenvalue weighted by Gasteiger charge is -2.48. The van der Waals surface area contributed by atoms with Gasteiger partial charge in [-0.15, -0.1) is 5.10 Å². The summed E-state index contributed by atoms with van der Waals surface area (Å²) in [6.07, 6.45) is 5.68. The van der Waals surface area contributed by atoms with E-state index in [2.05, 4.69) is 61.3 Å². The molecule has 0 aliphatic carbocycles. The molecule has 158 valence electrons. The average molecular weight is 425 g/mol. The largest absolute Gasteiger partial charge is 0.486 e. The Morgan fingerprint density at radius 1 is 1.20 bits per heavy atom. The number of rotatable bonds is 3. The highest BCUT2D eigenvalue weighted by Crippen LogP contribution is 2.45. The van der Waals surface area contributed by atoms with Gasteiger partial charge in [-0.05, 0) is 52.7 Å². The van der Waals surface area contributed by atoms with Gasteiger partial charge in [-0.3, -0.25) is 0 Å². The fraction of sp³-hybridized carbons (Fsp3) is 0.500. The molecule has 2 aliphatic heterocycles. The van der Waals surface area contributed by atoms with Crippen LogP contribution in [0.2, 0.25) is 0 Å². The van der Waals surface area contributed by atoms with E-state index in [4.69, 9.17) is 9.72 Å². The summed E-state index contributed by atoms with van der Waals surface area (Å²) in [4.78, 5) is 8.54. The number of hydrogen-bond acceptors (Lipinski definition) is 7. The molecule has 7 nitrogen and oxygen atoms in total. The molecule has 1 N–H and O–H groups in total. The van der Waals surface area contributed by atoms with Crippen LogP contribution >= 0.6 is 11.3 Å². The average Bonchev–Trinajstić information content (AvgIpc) is 3.34. The Labute approximate surface area is 181 Å². The SMILES string of the molecule is CN(c1nc2c(s1)-c1ccc(-n3ccnn3)cc1OC2)C1CC(C)(C)NC(C)(C)C1. The second-order valence-corrected chi connectivity index (χ2v) is 10.6. The number of aromatic nitrogens is 4. The summed E-state index contributed by atoms with van der Waals surface area (Å²) in [5.41, 5.74) is 3.27. The van der Waals surface area contributed by atoms with E-state index in [1.165, 1.54) is 4.88 Å². The topological polar surface area (TPSA) is 68.1 Å². The Bertz CT molecular complexity index is 1060. The lowest BCUT2D eigenvalue weighted by atomic mass is 9.79. The molecule has 5 rings (SSSR count). The number of ether oxygens (including phenoxy) is 1. The van der Waals surface area contributed by atoms with Crippen LogP contribution in [0.3, 0.4) is 0 Å². The van der Waals surface area contributed by atoms with Crippen LogP contribution < -0.4 is 15.0 Å². The molecular weight excluding hydrogens is 396 g/mol. The molecule has 0 atom stereocenters. The van der Waals surface area contributed by atoms with Gasteiger partial charge in [0.15, 0.2) is 5.13 Å². The highest BCUT2D eigenvalue weighted by Gasteiger charge is 2.40. The zero-order valence-electron chi connectivity index (χ0n) is 18.1. The number of nitrogens with zero attached hydrogens (tertiary/aromatic N) is 5. The Morgan fingerprint density at radius 3 is 2.67 bits per heavy atom. The Hall–Kier alpha value is -2.45. The minimum Gasteiger partial charge on any atom is -0.486 e. The van der Waals surface area contributed by atoms with E-state index in [-0.39, 0.29) is 11.1 Å². The first kappa shape index (κ1) is 19.5. The molecule has 0 amide bonds. The highest BCUT2D eigenvalue weighted by atomic mass is 32.1. The molecule has 1 fully saturated rings. The van der Waals surface area contributed by atoms with Gasteiger partial charge in [0, 0.05) is 35.8 Å². The van der Waals surface area contributed by atoms with Crippen LogP contribution in [-0.4, -0.2) is 44.1 Å². The summed E-state index contributed by atoms with van der Waals surface area (Å²) in [7, 11) is 2.18. The molecule has 0 unspecified atom stereocenters. The maximum absolute atomic E-state index is 6.05. The minimum atomic E-state index is 0.102. The van der Waals surface area contributed by atoms with Crippen molar-refractivity contribution < 1.29 is 4.74 Å². The third-order valence-electron chi connectivity index (χ3n) is 5.97. The van der Waals surface area contributed by atoms with Crippen molar-refractivity contribution in [2.45, 2.75) is 64.3 Å². The van der Waals surface area contributed by atoms with Crippen molar-refractivity contribution >= 4 is 16.5 Å². The van der Waals surface area contributed by atoms with E-state index < -0.39 is 0 Å². The molecule has 8 heteroatoms. The van der Waals surface area contributed by atoms with Crippen LogP contribution in [0, 0.1) is 0 Å². The minimum absolute atomic E-state index is 0.102. The summed E-state index contributed by atoms with van der Waals surface area (Å²) < 4.78 is 7.79. The number of benzene rings is 1. The van der Waals surface area contributed by atoms with Crippen LogP contribution in [0.1, 0.15) is 46.2 Å². The van der Waals surface area contributed by atoms with Crippen molar-refractivity contribution in [3.05, 3.63) is 36.3 Å². The molecule has 1 aromatic carbocycles. The second kappa shape index (κ2) is 6.78. The molecule has 2 aliphatic rings. The predicted molar refractivity (Wildman–Crippen MR) is 120 cm³/mol. The summed E-state index contributed by atoms with van der Waals surface area (Å²) >= 11 is 1.76. The van der Waals surface area contributed by atoms with Crippen molar-refractivity contribution in [3.8, 4) is 21.9 Å². The molecule has 0 radical (unpaired) electrons. The van der Waals surface area contributed by atoms with Gasteiger partial charge in [0.05, 0.1) is 28.7 Å². The van der Waals surface area contributed by atoms with Crippen molar-refractivity contribution in [1.29, 1.82) is 0 Å². The van der Waals surface area contributed by atoms with E-state index >= 15 is 0 Å². The quantitative estimate of drug-likeness (QED) is 0.685. The number of piperidine rings is 1. The van der Waals surface area contributed by atoms with Crippen molar-refractivity contribution in [3.63, 3.8) is 0 Å². The zero-order chi connectivity index (χ0) is 21.1. The molecule has 30 heavy (non-hydrogen) atoms. The van der Waals surface area contributed by atoms with Crippen LogP contribution in [0.4, 0.5) is 5.13 Å². The van der Waals surface area contributed by atoms with Gasteiger partial charge in [-0.25, -0.2) is 9.67 Å². The third kappa shape index (κ3) is 3.48. The van der Waals surface area contributed by atoms with E-state index in [0.29, 0.717) is 12.6 Å². The molecule has 0 bridgehead atoms. The van der Waals surface area contributed by atoms with E-state index in [1.54, 1.807) is 22.2 Å². The maximum atomic E-state index is 6.05. The number of hydrogen-bond donors (Lipinski definition) is 1. The van der Waals surface area contributed by atoms with Gasteiger partial charge >= 0.3 is 0 Å². The van der Waals surface area contributed by atoms with Gasteiger partial charge in [0.25, 0.3) is 0 Å². The molecule has 2 aromatic heterocycles. The van der Waals surface area contributed by atoms with E-state index in [1.807, 2.05) is 18.3 Å². The van der Waals surface area contributed by atoms with E-state index in [0.717, 1.165) is 40.7 Å². The van der Waals surface area contributed by atoms with Gasteiger partial charge in [0.1, 0.15) is 12.4 Å². The molecule has 4 heterocycles. The van der Waals surface area contributed by atoms with Crippen LogP contribution in [0.15, 0.2) is 30.6 Å². The Morgan fingerprint density at radius 2 is 1.97 bits per heavy atom. The second-order valence-electron chi connectivity index (χ2n) is 9.65. The van der Waals surface area contributed by atoms with Gasteiger partial charge < -0.3 is 15.0 Å². The molecular formula is C22H28N6OS. The zero-order valence-corrected chi connectivity index (χ0v) is 19.0. The number of thiazole rings is 1. The molecule has 0 saturated carbocycles. The molecule has 0 spiro atoms. The maximum Gasteiger partial charge on any atom is 0.186 e. The number of anilines is 1. The monoisotopic (exact) mass is 424 g/mol. The van der Waals surface area contributed by atoms with Gasteiger partial charge in [-0.2, -0.15) is 0 Å². The summed E-state index contributed by atoms with van der Waals surface area (Å²) in [6, 6.07) is 6.61. The fourth-order valence-electron chi connectivity index (χ4n) is 4.95. The number of fused-ring (bicyclic) bond motifs is 3. The van der Waals surface area contributed by atoms with Gasteiger partial charge in [0.2, 0.25) is 0 Å². The lowest BCUT2D eigenvalue weighted by molar-refractivity contribution is 0.161. The van der Waals surface area contributed by atoms with Crippen molar-refractivity contribution in [2.75, 3.05) is 11.9 Å². The normalized spacial score (nSPS) is 19.6. The third-order valence-corrected chi connectivity index (χ3v) is 7.19. The first-order chi connectivity index (χ1) is 14.2. The number of nitrogens with one attached hydrogen (secondary N) is 1. The summed E-state index contributed by atoms with van der Waals surface area (Å²) in [5, 5.41) is 12.8. The fourth-order valence-corrected chi connectivity index (χ4v) is 6.08. The summed E-state index contributed by atoms with van der Waals surface area (Å²) in [6.45, 7) is 9.66. The van der Waals surface area contributed by atoms with Crippen LogP contribution in [-0.2, 0) is 6.61 Å². The van der Waals surface area contributed by atoms with Crippen LogP contribution in [0.25, 0.3) is 16.1 Å². The first-order valence-electron chi connectivity index (χ1n) is 10.4. The summed E-state index contributed by atoms with van der Waals surface area (Å²) in [5.74, 6) is 0.873. The first-order valence-corrected chi connectivity index (χ1v) is 11.2. The van der Waals surface area contributed by atoms with E-state index in [9.17, 15) is 0 Å². The molecule has 1 saturated heterocycles. The van der Waals surface area contributed by atoms with Crippen molar-refractivity contribution in [2.24, 2.45) is 0 Å². The smallest absolute Gasteiger partial charge is 0.186 e. The predicted octanol–water partition coefficient (Wildman–Crippen LogP) is 4.03. The Kier molecular flexibility index (Phi) is 4.41. The van der Waals surface area contributed by atoms with Gasteiger partial charge in [-0.1, -0.05) is 16.6 Å². The highest BCUT2D eigenvalue weighted by molar-refractivity contribution is 7.19. The van der Waals surface area contributed by atoms with Crippen LogP contribution in [0.5, 0.6) is 5.75 Å². The van der Waals surface area contributed by atoms with Crippen molar-refractivity contribution in [1.82, 2.24) is 25.3 Å². The Balaban J connectivity index is 1.45. The standard InChI is InChI=1S/C22H28N6OS/c1-21(2)11-15(12-22(3,4)25-21)27(5)20-24-17-13-29-18-10-14(28-9-8-23-26-28)6-7-16(18)19(17)30-20/h6-10,15,25H,11-13H2,1-5H3.